The van der Waals surface area contributed by atoms with E-state index >= 15 is 0 Å². The minimum absolute atomic E-state index is 0.167. The van der Waals surface area contributed by atoms with Crippen molar-refractivity contribution in [1.29, 1.82) is 0 Å². The second-order valence-electron chi connectivity index (χ2n) is 11.2. The van der Waals surface area contributed by atoms with Gasteiger partial charge in [0.1, 0.15) is 6.04 Å². The Bertz CT molecular complexity index is 1210. The van der Waals surface area contributed by atoms with Gasteiger partial charge in [-0.15, -0.1) is 0 Å². The van der Waals surface area contributed by atoms with Crippen LogP contribution in [0.15, 0.2) is 60.8 Å². The second-order valence-corrected chi connectivity index (χ2v) is 11.6. The molecule has 0 aliphatic carbocycles. The van der Waals surface area contributed by atoms with Crippen LogP contribution in [0.25, 0.3) is 0 Å². The van der Waals surface area contributed by atoms with Gasteiger partial charge in [0, 0.05) is 61.0 Å². The molecule has 0 saturated carbocycles. The Morgan fingerprint density at radius 1 is 1.08 bits per heavy atom. The van der Waals surface area contributed by atoms with Crippen molar-refractivity contribution < 1.29 is 19.5 Å². The number of amides is 2. The first-order chi connectivity index (χ1) is 17.7. The number of ketones is 1. The van der Waals surface area contributed by atoms with Crippen LogP contribution in [-0.4, -0.2) is 65.7 Å². The predicted molar refractivity (Wildman–Crippen MR) is 150 cm³/mol. The minimum Gasteiger partial charge on any atom is -0.384 e. The molecule has 204 valence electrons. The number of hydrogen-bond donors (Lipinski definition) is 2. The third kappa shape index (κ3) is 6.45. The second kappa shape index (κ2) is 11.7. The first-order valence-corrected chi connectivity index (χ1v) is 13.2. The zero-order chi connectivity index (χ0) is 28.3. The van der Waals surface area contributed by atoms with Gasteiger partial charge < -0.3 is 20.2 Å². The van der Waals surface area contributed by atoms with Gasteiger partial charge in [0.05, 0.1) is 5.60 Å². The number of benzene rings is 2. The molecule has 2 aromatic carbocycles. The van der Waals surface area contributed by atoms with E-state index in [1.807, 2.05) is 53.9 Å². The Morgan fingerprint density at radius 2 is 1.71 bits per heavy atom. The van der Waals surface area contributed by atoms with E-state index in [0.717, 1.165) is 5.56 Å². The zero-order valence-electron chi connectivity index (χ0n) is 23.0. The average molecular weight is 540 g/mol. The summed E-state index contributed by atoms with van der Waals surface area (Å²) in [4.78, 5) is 42.8. The Labute approximate surface area is 230 Å². The summed E-state index contributed by atoms with van der Waals surface area (Å²) in [5.41, 5.74) is -0.304. The van der Waals surface area contributed by atoms with Crippen molar-refractivity contribution in [3.8, 4) is 0 Å². The SMILES string of the molecule is CC(C)C(NC(=O)c1cccc(C(=O)C=CN(C)C)c1)C(=O)N1CCC(O)(c2ccc(Cl)cc2)C(C)(C)C1. The van der Waals surface area contributed by atoms with E-state index in [9.17, 15) is 19.5 Å². The normalized spacial score (nSPS) is 19.9. The van der Waals surface area contributed by atoms with Crippen molar-refractivity contribution in [3.05, 3.63) is 82.5 Å². The largest absolute Gasteiger partial charge is 0.384 e. The Hall–Kier alpha value is -3.16. The number of aliphatic hydroxyl groups is 1. The van der Waals surface area contributed by atoms with E-state index in [1.54, 1.807) is 46.3 Å². The third-order valence-electron chi connectivity index (χ3n) is 7.24. The molecule has 1 aliphatic rings. The highest BCUT2D eigenvalue weighted by atomic mass is 35.5. The van der Waals surface area contributed by atoms with Gasteiger partial charge in [0.25, 0.3) is 5.91 Å². The predicted octanol–water partition coefficient (Wildman–Crippen LogP) is 4.50. The summed E-state index contributed by atoms with van der Waals surface area (Å²) in [6, 6.07) is 12.9. The lowest BCUT2D eigenvalue weighted by molar-refractivity contribution is -0.155. The Balaban J connectivity index is 1.75. The van der Waals surface area contributed by atoms with Gasteiger partial charge in [-0.2, -0.15) is 0 Å². The summed E-state index contributed by atoms with van der Waals surface area (Å²) >= 11 is 6.04. The fourth-order valence-electron chi connectivity index (χ4n) is 4.83. The van der Waals surface area contributed by atoms with Gasteiger partial charge >= 0.3 is 0 Å². The lowest BCUT2D eigenvalue weighted by atomic mass is 9.66. The van der Waals surface area contributed by atoms with E-state index in [0.29, 0.717) is 35.7 Å². The number of nitrogens with one attached hydrogen (secondary N) is 1. The first-order valence-electron chi connectivity index (χ1n) is 12.8. The van der Waals surface area contributed by atoms with Crippen LogP contribution >= 0.6 is 11.6 Å². The summed E-state index contributed by atoms with van der Waals surface area (Å²) in [6.07, 6.45) is 3.45. The number of piperidine rings is 1. The van der Waals surface area contributed by atoms with Crippen molar-refractivity contribution in [1.82, 2.24) is 15.1 Å². The molecule has 2 amide bonds. The van der Waals surface area contributed by atoms with Gasteiger partial charge in [-0.05, 0) is 42.2 Å². The molecule has 0 spiro atoms. The van der Waals surface area contributed by atoms with Crippen LogP contribution in [0.5, 0.6) is 0 Å². The maximum absolute atomic E-state index is 13.7. The van der Waals surface area contributed by atoms with Crippen molar-refractivity contribution in [2.75, 3.05) is 27.2 Å². The molecule has 2 unspecified atom stereocenters. The van der Waals surface area contributed by atoms with Crippen LogP contribution in [-0.2, 0) is 10.4 Å². The molecular weight excluding hydrogens is 502 g/mol. The zero-order valence-corrected chi connectivity index (χ0v) is 23.7. The summed E-state index contributed by atoms with van der Waals surface area (Å²) in [7, 11) is 3.64. The number of hydrogen-bond acceptors (Lipinski definition) is 5. The smallest absolute Gasteiger partial charge is 0.251 e. The van der Waals surface area contributed by atoms with Crippen LogP contribution in [0.1, 0.15) is 60.4 Å². The number of nitrogens with zero attached hydrogens (tertiary/aromatic N) is 2. The molecule has 0 aromatic heterocycles. The fraction of sp³-hybridized carbons (Fsp3) is 0.433. The van der Waals surface area contributed by atoms with Crippen molar-refractivity contribution in [2.45, 2.75) is 45.8 Å². The van der Waals surface area contributed by atoms with Crippen LogP contribution in [0.2, 0.25) is 5.02 Å². The summed E-state index contributed by atoms with van der Waals surface area (Å²) in [5, 5.41) is 15.1. The van der Waals surface area contributed by atoms with E-state index in [-0.39, 0.29) is 17.6 Å². The van der Waals surface area contributed by atoms with Crippen LogP contribution in [0.3, 0.4) is 0 Å². The summed E-state index contributed by atoms with van der Waals surface area (Å²) in [6.45, 7) is 8.32. The van der Waals surface area contributed by atoms with Crippen LogP contribution in [0, 0.1) is 11.3 Å². The molecule has 0 radical (unpaired) electrons. The quantitative estimate of drug-likeness (QED) is 0.381. The Morgan fingerprint density at radius 3 is 2.29 bits per heavy atom. The monoisotopic (exact) mass is 539 g/mol. The molecule has 38 heavy (non-hydrogen) atoms. The number of allylic oxidation sites excluding steroid dienone is 1. The molecule has 1 saturated heterocycles. The molecule has 2 aromatic rings. The van der Waals surface area contributed by atoms with E-state index in [1.165, 1.54) is 12.1 Å². The minimum atomic E-state index is -1.13. The van der Waals surface area contributed by atoms with Gasteiger partial charge in [0.2, 0.25) is 5.91 Å². The maximum Gasteiger partial charge on any atom is 0.251 e. The summed E-state index contributed by atoms with van der Waals surface area (Å²) < 4.78 is 0. The summed E-state index contributed by atoms with van der Waals surface area (Å²) in [5.74, 6) is -0.994. The van der Waals surface area contributed by atoms with Crippen LogP contribution < -0.4 is 5.32 Å². The van der Waals surface area contributed by atoms with E-state index in [4.69, 9.17) is 11.6 Å². The highest BCUT2D eigenvalue weighted by Gasteiger charge is 2.50. The molecule has 2 atom stereocenters. The topological polar surface area (TPSA) is 90.0 Å². The van der Waals surface area contributed by atoms with E-state index in [2.05, 4.69) is 5.32 Å². The molecular formula is C30H38ClN3O4. The van der Waals surface area contributed by atoms with Crippen molar-refractivity contribution in [3.63, 3.8) is 0 Å². The van der Waals surface area contributed by atoms with Crippen molar-refractivity contribution >= 4 is 29.2 Å². The van der Waals surface area contributed by atoms with Gasteiger partial charge in [-0.1, -0.05) is 63.6 Å². The average Bonchev–Trinajstić information content (AvgIpc) is 2.87. The lowest BCUT2D eigenvalue weighted by Gasteiger charge is -2.51. The Kier molecular flexibility index (Phi) is 9.05. The molecule has 2 N–H and O–H groups in total. The van der Waals surface area contributed by atoms with E-state index < -0.39 is 23.0 Å². The highest BCUT2D eigenvalue weighted by Crippen LogP contribution is 2.46. The lowest BCUT2D eigenvalue weighted by Crippen LogP contribution is -2.60. The highest BCUT2D eigenvalue weighted by molar-refractivity contribution is 6.30. The van der Waals surface area contributed by atoms with Crippen molar-refractivity contribution in [2.24, 2.45) is 11.3 Å². The van der Waals surface area contributed by atoms with Crippen LogP contribution in [0.4, 0.5) is 0 Å². The van der Waals surface area contributed by atoms with Gasteiger partial charge in [0.15, 0.2) is 5.78 Å². The number of likely N-dealkylation sites (tertiary alicyclic amines) is 1. The van der Waals surface area contributed by atoms with Gasteiger partial charge in [-0.3, -0.25) is 14.4 Å². The number of carbonyl (C=O) groups is 3. The molecule has 3 rings (SSSR count). The number of carbonyl (C=O) groups excluding carboxylic acids is 3. The number of halogens is 1. The maximum atomic E-state index is 13.7. The first kappa shape index (κ1) is 29.4. The molecule has 8 heteroatoms. The standard InChI is InChI=1S/C30H38ClN3O4/c1-20(2)26(32-27(36)22-9-7-8-21(18-22)25(35)14-16-33(5)6)28(37)34-17-15-30(38,29(3,4)19-34)23-10-12-24(31)13-11-23/h7-14,16,18,20,26,38H,15,17,19H2,1-6H3,(H,32,36). The molecule has 1 aliphatic heterocycles. The number of rotatable bonds is 8. The molecule has 0 bridgehead atoms. The molecule has 7 nitrogen and oxygen atoms in total. The molecule has 1 fully saturated rings. The third-order valence-corrected chi connectivity index (χ3v) is 7.49. The van der Waals surface area contributed by atoms with Gasteiger partial charge in [-0.25, -0.2) is 0 Å². The molecule has 1 heterocycles. The fourth-order valence-corrected chi connectivity index (χ4v) is 4.96.